The number of rotatable bonds is 2. The van der Waals surface area contributed by atoms with E-state index in [0.717, 1.165) is 58.3 Å². The Bertz CT molecular complexity index is 1170. The summed E-state index contributed by atoms with van der Waals surface area (Å²) < 4.78 is 17.5. The second-order valence-electron chi connectivity index (χ2n) is 7.95. The highest BCUT2D eigenvalue weighted by atomic mass is 19.1. The van der Waals surface area contributed by atoms with E-state index >= 15 is 0 Å². The SMILES string of the molecule is Cc1cc2n(n1)C(c1cc(C)n(-c3ccc(F)cc3)c1C)C1=C(CCCC1=O)N2. The van der Waals surface area contributed by atoms with Gasteiger partial charge in [-0.05, 0) is 63.9 Å². The highest BCUT2D eigenvalue weighted by Gasteiger charge is 2.37. The number of carbonyl (C=O) groups excluding carboxylic acids is 1. The molecule has 3 aromatic rings. The molecule has 3 heterocycles. The summed E-state index contributed by atoms with van der Waals surface area (Å²) >= 11 is 0. The minimum absolute atomic E-state index is 0.189. The molecule has 0 saturated carbocycles. The molecular weight excluding hydrogens is 367 g/mol. The molecule has 1 unspecified atom stereocenters. The van der Waals surface area contributed by atoms with Crippen molar-refractivity contribution < 1.29 is 9.18 Å². The average molecular weight is 390 g/mol. The first-order valence-corrected chi connectivity index (χ1v) is 9.98. The van der Waals surface area contributed by atoms with Crippen molar-refractivity contribution in [2.45, 2.75) is 46.1 Å². The van der Waals surface area contributed by atoms with Crippen LogP contribution < -0.4 is 5.32 Å². The molecule has 5 nitrogen and oxygen atoms in total. The maximum Gasteiger partial charge on any atom is 0.163 e. The third-order valence-corrected chi connectivity index (χ3v) is 5.96. The second kappa shape index (κ2) is 6.44. The lowest BCUT2D eigenvalue weighted by atomic mass is 9.85. The summed E-state index contributed by atoms with van der Waals surface area (Å²) in [5, 5.41) is 8.15. The van der Waals surface area contributed by atoms with Crippen LogP contribution in [0.1, 0.15) is 47.9 Å². The number of benzene rings is 1. The molecule has 1 aliphatic heterocycles. The van der Waals surface area contributed by atoms with Crippen LogP contribution in [0.4, 0.5) is 10.2 Å². The monoisotopic (exact) mass is 390 g/mol. The fourth-order valence-electron chi connectivity index (χ4n) is 4.73. The van der Waals surface area contributed by atoms with Crippen LogP contribution in [-0.4, -0.2) is 20.1 Å². The van der Waals surface area contributed by atoms with E-state index in [1.807, 2.05) is 24.6 Å². The molecule has 0 bridgehead atoms. The molecule has 5 rings (SSSR count). The molecule has 148 valence electrons. The van der Waals surface area contributed by atoms with Crippen LogP contribution >= 0.6 is 0 Å². The molecule has 1 aliphatic carbocycles. The van der Waals surface area contributed by atoms with E-state index in [1.165, 1.54) is 12.1 Å². The van der Waals surface area contributed by atoms with Crippen LogP contribution in [0.3, 0.4) is 0 Å². The van der Waals surface area contributed by atoms with Gasteiger partial charge in [0.05, 0.1) is 5.69 Å². The fourth-order valence-corrected chi connectivity index (χ4v) is 4.73. The van der Waals surface area contributed by atoms with Crippen molar-refractivity contribution in [2.75, 3.05) is 5.32 Å². The van der Waals surface area contributed by atoms with Crippen molar-refractivity contribution in [3.05, 3.63) is 76.1 Å². The predicted octanol–water partition coefficient (Wildman–Crippen LogP) is 4.76. The summed E-state index contributed by atoms with van der Waals surface area (Å²) in [5.41, 5.74) is 6.79. The highest BCUT2D eigenvalue weighted by molar-refractivity contribution is 5.99. The van der Waals surface area contributed by atoms with Crippen LogP contribution in [0.2, 0.25) is 0 Å². The Morgan fingerprint density at radius 2 is 1.86 bits per heavy atom. The number of ketones is 1. The van der Waals surface area contributed by atoms with E-state index in [2.05, 4.69) is 22.9 Å². The molecule has 6 heteroatoms. The van der Waals surface area contributed by atoms with Gasteiger partial charge in [0.1, 0.15) is 17.7 Å². The van der Waals surface area contributed by atoms with Crippen molar-refractivity contribution in [1.82, 2.24) is 14.3 Å². The van der Waals surface area contributed by atoms with Gasteiger partial charge in [-0.3, -0.25) is 4.79 Å². The second-order valence-corrected chi connectivity index (χ2v) is 7.95. The Kier molecular flexibility index (Phi) is 3.98. The number of hydrogen-bond acceptors (Lipinski definition) is 3. The molecule has 1 N–H and O–H groups in total. The number of nitrogens with zero attached hydrogens (tertiary/aromatic N) is 3. The average Bonchev–Trinajstić information content (AvgIpc) is 3.19. The van der Waals surface area contributed by atoms with Crippen LogP contribution in [-0.2, 0) is 4.79 Å². The summed E-state index contributed by atoms with van der Waals surface area (Å²) in [6.45, 7) is 6.05. The maximum atomic E-state index is 13.4. The van der Waals surface area contributed by atoms with Crippen molar-refractivity contribution in [2.24, 2.45) is 0 Å². The van der Waals surface area contributed by atoms with Gasteiger partial charge in [-0.25, -0.2) is 9.07 Å². The van der Waals surface area contributed by atoms with E-state index in [4.69, 9.17) is 5.10 Å². The molecule has 29 heavy (non-hydrogen) atoms. The lowest BCUT2D eigenvalue weighted by Gasteiger charge is -2.33. The summed E-state index contributed by atoms with van der Waals surface area (Å²) in [7, 11) is 0. The number of nitrogens with one attached hydrogen (secondary N) is 1. The number of carbonyl (C=O) groups is 1. The normalized spacial score (nSPS) is 18.5. The summed E-state index contributed by atoms with van der Waals surface area (Å²) in [6.07, 6.45) is 2.32. The lowest BCUT2D eigenvalue weighted by Crippen LogP contribution is -2.31. The summed E-state index contributed by atoms with van der Waals surface area (Å²) in [6, 6.07) is 10.4. The van der Waals surface area contributed by atoms with Gasteiger partial charge in [0.15, 0.2) is 5.78 Å². The highest BCUT2D eigenvalue weighted by Crippen LogP contribution is 2.42. The number of aryl methyl sites for hydroxylation is 2. The maximum absolute atomic E-state index is 13.4. The number of Topliss-reactive ketones (excluding diaryl/α,β-unsaturated/α-hetero) is 1. The largest absolute Gasteiger partial charge is 0.343 e. The first-order valence-electron chi connectivity index (χ1n) is 9.98. The summed E-state index contributed by atoms with van der Waals surface area (Å²) in [4.78, 5) is 13.0. The Morgan fingerprint density at radius 3 is 2.62 bits per heavy atom. The van der Waals surface area contributed by atoms with Gasteiger partial charge < -0.3 is 9.88 Å². The molecular formula is C23H23FN4O. The van der Waals surface area contributed by atoms with E-state index in [0.29, 0.717) is 6.42 Å². The first kappa shape index (κ1) is 17.9. The lowest BCUT2D eigenvalue weighted by molar-refractivity contribution is -0.116. The van der Waals surface area contributed by atoms with Crippen LogP contribution in [0.15, 0.2) is 47.7 Å². The summed E-state index contributed by atoms with van der Waals surface area (Å²) in [5.74, 6) is 0.857. The predicted molar refractivity (Wildman–Crippen MR) is 110 cm³/mol. The number of aromatic nitrogens is 3. The van der Waals surface area contributed by atoms with Crippen LogP contribution in [0.5, 0.6) is 0 Å². The van der Waals surface area contributed by atoms with Crippen molar-refractivity contribution >= 4 is 11.6 Å². The van der Waals surface area contributed by atoms with Crippen molar-refractivity contribution in [3.8, 4) is 5.69 Å². The van der Waals surface area contributed by atoms with Gasteiger partial charge in [-0.15, -0.1) is 0 Å². The number of hydrogen-bond donors (Lipinski definition) is 1. The molecule has 0 spiro atoms. The van der Waals surface area contributed by atoms with Gasteiger partial charge in [0.25, 0.3) is 0 Å². The Labute approximate surface area is 168 Å². The van der Waals surface area contributed by atoms with E-state index in [9.17, 15) is 9.18 Å². The van der Waals surface area contributed by atoms with Crippen LogP contribution in [0.25, 0.3) is 5.69 Å². The van der Waals surface area contributed by atoms with Gasteiger partial charge >= 0.3 is 0 Å². The van der Waals surface area contributed by atoms with Gasteiger partial charge in [0, 0.05) is 46.4 Å². The Morgan fingerprint density at radius 1 is 1.10 bits per heavy atom. The molecule has 1 aromatic carbocycles. The van der Waals surface area contributed by atoms with E-state index in [1.54, 1.807) is 12.1 Å². The molecule has 2 aliphatic rings. The van der Waals surface area contributed by atoms with Gasteiger partial charge in [-0.1, -0.05) is 0 Å². The smallest absolute Gasteiger partial charge is 0.163 e. The van der Waals surface area contributed by atoms with Crippen molar-refractivity contribution in [3.63, 3.8) is 0 Å². The van der Waals surface area contributed by atoms with Gasteiger partial charge in [0.2, 0.25) is 0 Å². The third kappa shape index (κ3) is 2.74. The molecule has 0 radical (unpaired) electrons. The van der Waals surface area contributed by atoms with Crippen LogP contribution in [0, 0.1) is 26.6 Å². The standard InChI is InChI=1S/C23H23FN4O/c1-13-11-21-25-19-5-4-6-20(29)22(19)23(28(21)26-13)18-12-14(2)27(15(18)3)17-9-7-16(24)8-10-17/h7-12,23,25H,4-6H2,1-3H3. The first-order chi connectivity index (χ1) is 13.9. The van der Waals surface area contributed by atoms with Gasteiger partial charge in [-0.2, -0.15) is 5.10 Å². The quantitative estimate of drug-likeness (QED) is 0.686. The number of anilines is 1. The zero-order valence-electron chi connectivity index (χ0n) is 16.8. The molecule has 0 fully saturated rings. The third-order valence-electron chi connectivity index (χ3n) is 5.96. The minimum Gasteiger partial charge on any atom is -0.343 e. The van der Waals surface area contributed by atoms with E-state index in [-0.39, 0.29) is 17.6 Å². The molecule has 0 amide bonds. The molecule has 0 saturated heterocycles. The Hall–Kier alpha value is -3.15. The van der Waals surface area contributed by atoms with E-state index < -0.39 is 0 Å². The van der Waals surface area contributed by atoms with Crippen molar-refractivity contribution in [1.29, 1.82) is 0 Å². The Balaban J connectivity index is 1.72. The number of allylic oxidation sites excluding steroid dienone is 2. The minimum atomic E-state index is -0.256. The molecule has 1 atom stereocenters. The molecule has 2 aromatic heterocycles. The number of halogens is 1. The fraction of sp³-hybridized carbons (Fsp3) is 0.304. The zero-order valence-corrected chi connectivity index (χ0v) is 16.8. The zero-order chi connectivity index (χ0) is 20.3. The number of fused-ring (bicyclic) bond motifs is 1. The topological polar surface area (TPSA) is 51.9 Å².